The molecule has 13 heteroatoms. The Labute approximate surface area is 269 Å². The van der Waals surface area contributed by atoms with Gasteiger partial charge in [0.05, 0.1) is 6.61 Å². The highest BCUT2D eigenvalue weighted by molar-refractivity contribution is 5.90. The number of carbonyl (C=O) groups excluding carboxylic acids is 2. The van der Waals surface area contributed by atoms with Crippen LogP contribution in [0, 0.1) is 17.2 Å². The quantitative estimate of drug-likeness (QED) is 0.216. The third kappa shape index (κ3) is 4.87. The predicted octanol–water partition coefficient (Wildman–Crippen LogP) is 3.70. The summed E-state index contributed by atoms with van der Waals surface area (Å²) in [5.41, 5.74) is 0.952. The van der Waals surface area contributed by atoms with Crippen LogP contribution in [-0.4, -0.2) is 50.4 Å². The molecule has 2 amide bonds. The Morgan fingerprint density at radius 2 is 1.94 bits per heavy atom. The predicted molar refractivity (Wildman–Crippen MR) is 166 cm³/mol. The summed E-state index contributed by atoms with van der Waals surface area (Å²) < 4.78 is 34.1. The van der Waals surface area contributed by atoms with E-state index in [1.807, 2.05) is 26.8 Å². The monoisotopic (exact) mass is 645 g/mol. The van der Waals surface area contributed by atoms with Gasteiger partial charge in [0, 0.05) is 23.2 Å². The summed E-state index contributed by atoms with van der Waals surface area (Å²) >= 11 is 0. The first-order chi connectivity index (χ1) is 22.3. The number of hydrogen-bond acceptors (Lipinski definition) is 10. The van der Waals surface area contributed by atoms with Crippen LogP contribution >= 0.6 is 0 Å². The molecule has 5 atom stereocenters. The second kappa shape index (κ2) is 10.9. The number of hydrogen-bond donors (Lipinski definition) is 5. The van der Waals surface area contributed by atoms with Gasteiger partial charge in [-0.25, -0.2) is 14.4 Å². The highest BCUT2D eigenvalue weighted by Crippen LogP contribution is 2.59. The summed E-state index contributed by atoms with van der Waals surface area (Å²) in [7, 11) is 0. The lowest BCUT2D eigenvalue weighted by atomic mass is 9.72. The largest absolute Gasteiger partial charge is 0.469 e. The van der Waals surface area contributed by atoms with Crippen LogP contribution in [0.15, 0.2) is 51.5 Å². The molecule has 4 aromatic rings. The molecule has 0 radical (unpaired) electrons. The fraction of sp³-hybridized carbons (Fsp3) is 0.412. The van der Waals surface area contributed by atoms with Crippen molar-refractivity contribution >= 4 is 17.5 Å². The number of amides is 2. The van der Waals surface area contributed by atoms with Crippen LogP contribution in [0.2, 0.25) is 0 Å². The highest BCUT2D eigenvalue weighted by atomic mass is 19.1. The van der Waals surface area contributed by atoms with Crippen molar-refractivity contribution in [2.24, 2.45) is 11.3 Å². The van der Waals surface area contributed by atoms with Crippen LogP contribution in [0.25, 0.3) is 11.6 Å². The Hall–Kier alpha value is -4.75. The molecule has 0 fully saturated rings. The number of nitrogens with one attached hydrogen (secondary N) is 3. The van der Waals surface area contributed by atoms with Gasteiger partial charge in [0.2, 0.25) is 23.6 Å². The molecule has 2 aromatic carbocycles. The average Bonchev–Trinajstić information content (AvgIpc) is 3.79. The average molecular weight is 646 g/mol. The molecular formula is C34H36FN5O7. The van der Waals surface area contributed by atoms with Crippen LogP contribution in [0.4, 0.5) is 10.1 Å². The topological polar surface area (TPSA) is 172 Å². The molecule has 3 aliphatic heterocycles. The van der Waals surface area contributed by atoms with Crippen molar-refractivity contribution in [3.63, 3.8) is 0 Å². The number of carbonyl (C=O) groups is 2. The molecule has 12 nitrogen and oxygen atoms in total. The van der Waals surface area contributed by atoms with E-state index in [1.54, 1.807) is 32.0 Å². The summed E-state index contributed by atoms with van der Waals surface area (Å²) in [4.78, 5) is 36.4. The number of aliphatic hydroxyl groups is 2. The SMILES string of the molecule is CC(C)[C@H](O)C(=O)N[C@H]1Cc2ccc3c(c2)[C@@]2(c4cc(F)ccc4N[C@@H]2O3)c2oc(nc2-c2nc(CO)co2)[C@H](C(C)(C)C)NC1=O. The van der Waals surface area contributed by atoms with E-state index in [0.717, 1.165) is 0 Å². The van der Waals surface area contributed by atoms with Crippen LogP contribution < -0.4 is 20.7 Å². The summed E-state index contributed by atoms with van der Waals surface area (Å²) in [6, 6.07) is 7.93. The van der Waals surface area contributed by atoms with Gasteiger partial charge in [-0.1, -0.05) is 46.8 Å². The fourth-order valence-electron chi connectivity index (χ4n) is 6.63. The second-order valence-corrected chi connectivity index (χ2v) is 13.8. The fourth-order valence-corrected chi connectivity index (χ4v) is 6.63. The van der Waals surface area contributed by atoms with E-state index in [0.29, 0.717) is 28.1 Å². The molecule has 5 heterocycles. The molecule has 2 aromatic heterocycles. The van der Waals surface area contributed by atoms with Gasteiger partial charge in [-0.3, -0.25) is 9.59 Å². The number of ether oxygens (including phenoxy) is 1. The van der Waals surface area contributed by atoms with Crippen molar-refractivity contribution in [2.75, 3.05) is 5.32 Å². The van der Waals surface area contributed by atoms with Gasteiger partial charge in [0.25, 0.3) is 0 Å². The Morgan fingerprint density at radius 3 is 2.64 bits per heavy atom. The van der Waals surface area contributed by atoms with Crippen molar-refractivity contribution in [3.05, 3.63) is 82.5 Å². The van der Waals surface area contributed by atoms with E-state index >= 15 is 4.39 Å². The number of aromatic nitrogens is 2. The minimum atomic E-state index is -1.32. The maximum Gasteiger partial charge on any atom is 0.249 e. The molecule has 0 saturated carbocycles. The lowest BCUT2D eigenvalue weighted by molar-refractivity contribution is -0.136. The van der Waals surface area contributed by atoms with Crippen molar-refractivity contribution in [1.29, 1.82) is 0 Å². The standard InChI is InChI=1S/C34H36FN5O7/c1-15(2)25(42)29(44)37-22-11-16-6-9-23-20(10-16)34(19-12-17(35)7-8-21(19)38-32(34)46-23)27-24(30-36-18(13-41)14-45-30)39-31(47-27)26(33(3,4)5)40-28(22)43/h6-10,12,14-15,22,25-26,32,38,41-42H,11,13H2,1-5H3,(H,37,44)(H,40,43)/t22-,25-,26+,32+,34-/m0/s1. The van der Waals surface area contributed by atoms with Gasteiger partial charge in [0.15, 0.2) is 17.7 Å². The van der Waals surface area contributed by atoms with Gasteiger partial charge in [-0.05, 0) is 41.2 Å². The van der Waals surface area contributed by atoms with E-state index in [2.05, 4.69) is 20.9 Å². The molecule has 0 unspecified atom stereocenters. The number of aliphatic hydroxyl groups excluding tert-OH is 2. The molecule has 47 heavy (non-hydrogen) atoms. The van der Waals surface area contributed by atoms with Gasteiger partial charge < -0.3 is 39.7 Å². The Kier molecular flexibility index (Phi) is 7.17. The Morgan fingerprint density at radius 1 is 1.15 bits per heavy atom. The van der Waals surface area contributed by atoms with Crippen LogP contribution in [0.3, 0.4) is 0 Å². The zero-order valence-corrected chi connectivity index (χ0v) is 26.6. The van der Waals surface area contributed by atoms with Gasteiger partial charge >= 0.3 is 0 Å². The van der Waals surface area contributed by atoms with Gasteiger partial charge in [-0.2, -0.15) is 0 Å². The minimum absolute atomic E-state index is 0.0586. The summed E-state index contributed by atoms with van der Waals surface area (Å²) in [5, 5.41) is 29.4. The Balaban J connectivity index is 1.51. The molecule has 3 aliphatic rings. The number of oxazole rings is 2. The first-order valence-electron chi connectivity index (χ1n) is 15.5. The molecule has 1 spiro atoms. The van der Waals surface area contributed by atoms with Crippen molar-refractivity contribution in [2.45, 2.75) is 77.5 Å². The number of halogens is 1. The maximum atomic E-state index is 15.1. The highest BCUT2D eigenvalue weighted by Gasteiger charge is 2.61. The van der Waals surface area contributed by atoms with Crippen LogP contribution in [0.1, 0.15) is 74.7 Å². The second-order valence-electron chi connectivity index (χ2n) is 13.8. The van der Waals surface area contributed by atoms with Crippen molar-refractivity contribution < 1.29 is 37.8 Å². The number of nitrogens with zero attached hydrogens (tertiary/aromatic N) is 2. The molecule has 4 bridgehead atoms. The van der Waals surface area contributed by atoms with Gasteiger partial charge in [-0.15, -0.1) is 0 Å². The Bertz CT molecular complexity index is 1900. The number of anilines is 1. The molecule has 7 rings (SSSR count). The summed E-state index contributed by atoms with van der Waals surface area (Å²) in [6.45, 7) is 8.76. The molecule has 5 N–H and O–H groups in total. The first-order valence-corrected chi connectivity index (χ1v) is 15.5. The lowest BCUT2D eigenvalue weighted by Crippen LogP contribution is -2.53. The van der Waals surface area contributed by atoms with Crippen molar-refractivity contribution in [1.82, 2.24) is 20.6 Å². The number of benzene rings is 2. The first kappa shape index (κ1) is 30.9. The van der Waals surface area contributed by atoms with E-state index in [9.17, 15) is 19.8 Å². The molecule has 0 aliphatic carbocycles. The number of fused-ring (bicyclic) bond motifs is 4. The van der Waals surface area contributed by atoms with Crippen LogP contribution in [0.5, 0.6) is 5.75 Å². The van der Waals surface area contributed by atoms with Crippen LogP contribution in [-0.2, 0) is 28.0 Å². The van der Waals surface area contributed by atoms with E-state index in [4.69, 9.17) is 18.6 Å². The maximum absolute atomic E-state index is 15.1. The van der Waals surface area contributed by atoms with Gasteiger partial charge in [0.1, 0.15) is 47.1 Å². The molecule has 246 valence electrons. The minimum Gasteiger partial charge on any atom is -0.469 e. The van der Waals surface area contributed by atoms with Crippen molar-refractivity contribution in [3.8, 4) is 17.3 Å². The smallest absolute Gasteiger partial charge is 0.249 e. The number of rotatable bonds is 5. The third-order valence-electron chi connectivity index (χ3n) is 9.09. The summed E-state index contributed by atoms with van der Waals surface area (Å²) in [5.74, 6) is -1.09. The molecule has 0 saturated heterocycles. The zero-order chi connectivity index (χ0) is 33.4. The van der Waals surface area contributed by atoms with E-state index in [1.165, 1.54) is 18.4 Å². The lowest BCUT2D eigenvalue weighted by Gasteiger charge is -2.32. The molecular weight excluding hydrogens is 609 g/mol. The third-order valence-corrected chi connectivity index (χ3v) is 9.09. The van der Waals surface area contributed by atoms with E-state index < -0.39 is 52.9 Å². The van der Waals surface area contributed by atoms with E-state index in [-0.39, 0.29) is 47.9 Å². The summed E-state index contributed by atoms with van der Waals surface area (Å²) in [6.07, 6.45) is -0.720. The zero-order valence-electron chi connectivity index (χ0n) is 26.6. The normalized spacial score (nSPS) is 23.5.